The Bertz CT molecular complexity index is 1200. The largest absolute Gasteiger partial charge is 0.281 e. The molecule has 0 saturated heterocycles. The number of aromatic nitrogens is 2. The van der Waals surface area contributed by atoms with E-state index < -0.39 is 32.7 Å². The Morgan fingerprint density at radius 2 is 0.875 bits per heavy atom. The highest BCUT2D eigenvalue weighted by molar-refractivity contribution is 6.63. The fourth-order valence-electron chi connectivity index (χ4n) is 3.90. The van der Waals surface area contributed by atoms with Crippen molar-refractivity contribution in [1.29, 1.82) is 0 Å². The van der Waals surface area contributed by atoms with E-state index in [9.17, 15) is 28.8 Å². The topological polar surface area (TPSA) is 112 Å². The zero-order chi connectivity index (χ0) is 23.4. The molecule has 0 N–H and O–H groups in total. The standard InChI is InChI=1S/C22H22Cl2N2O6/c23-17(27)7-3-1-5-9-25-19(29)13-11-15-16(12-14(13)20(25)30)22(32)26(21(15)31)10-6-2-4-8-18(24)28/h11-12H,1-10H2. The van der Waals surface area contributed by atoms with Crippen LogP contribution in [-0.2, 0) is 22.7 Å². The van der Waals surface area contributed by atoms with Gasteiger partial charge in [0.1, 0.15) is 0 Å². The van der Waals surface area contributed by atoms with Crippen molar-refractivity contribution in [3.05, 3.63) is 53.5 Å². The van der Waals surface area contributed by atoms with E-state index in [0.29, 0.717) is 38.5 Å². The molecule has 0 saturated carbocycles. The van der Waals surface area contributed by atoms with Crippen LogP contribution in [0, 0.1) is 0 Å². The molecule has 0 atom stereocenters. The Morgan fingerprint density at radius 1 is 0.562 bits per heavy atom. The van der Waals surface area contributed by atoms with Crippen LogP contribution in [0.1, 0.15) is 51.4 Å². The number of nitrogens with zero attached hydrogens (tertiary/aromatic N) is 2. The molecule has 3 rings (SSSR count). The van der Waals surface area contributed by atoms with Crippen molar-refractivity contribution >= 4 is 55.2 Å². The van der Waals surface area contributed by atoms with Crippen molar-refractivity contribution in [2.24, 2.45) is 0 Å². The van der Waals surface area contributed by atoms with Gasteiger partial charge in [0.15, 0.2) is 0 Å². The van der Waals surface area contributed by atoms with E-state index in [1.807, 2.05) is 0 Å². The van der Waals surface area contributed by atoms with E-state index in [2.05, 4.69) is 0 Å². The minimum atomic E-state index is -0.495. The van der Waals surface area contributed by atoms with Crippen molar-refractivity contribution in [2.75, 3.05) is 0 Å². The second-order valence-corrected chi connectivity index (χ2v) is 8.64. The van der Waals surface area contributed by atoms with E-state index >= 15 is 0 Å². The van der Waals surface area contributed by atoms with Crippen LogP contribution in [0.15, 0.2) is 31.3 Å². The van der Waals surface area contributed by atoms with E-state index in [4.69, 9.17) is 23.2 Å². The number of halogens is 2. The fourth-order valence-corrected chi connectivity index (χ4v) is 4.17. The third-order valence-corrected chi connectivity index (χ3v) is 5.95. The molecule has 3 aromatic rings. The molecule has 8 nitrogen and oxygen atoms in total. The highest BCUT2D eigenvalue weighted by Crippen LogP contribution is 2.15. The highest BCUT2D eigenvalue weighted by atomic mass is 35.5. The van der Waals surface area contributed by atoms with Gasteiger partial charge in [-0.1, -0.05) is 12.8 Å². The molecule has 0 fully saturated rings. The van der Waals surface area contributed by atoms with Crippen molar-refractivity contribution in [3.63, 3.8) is 0 Å². The molecule has 32 heavy (non-hydrogen) atoms. The van der Waals surface area contributed by atoms with Crippen molar-refractivity contribution < 1.29 is 9.59 Å². The van der Waals surface area contributed by atoms with E-state index in [0.717, 1.165) is 9.13 Å². The summed E-state index contributed by atoms with van der Waals surface area (Å²) < 4.78 is 2.21. The highest BCUT2D eigenvalue weighted by Gasteiger charge is 2.19. The number of carbonyl (C=O) groups is 2. The van der Waals surface area contributed by atoms with Crippen LogP contribution in [0.2, 0.25) is 0 Å². The zero-order valence-electron chi connectivity index (χ0n) is 17.3. The lowest BCUT2D eigenvalue weighted by Crippen LogP contribution is -2.26. The first-order valence-electron chi connectivity index (χ1n) is 10.5. The Hall–Kier alpha value is -2.58. The van der Waals surface area contributed by atoms with Gasteiger partial charge in [0.25, 0.3) is 22.2 Å². The van der Waals surface area contributed by atoms with Gasteiger partial charge < -0.3 is 0 Å². The summed E-state index contributed by atoms with van der Waals surface area (Å²) in [6.07, 6.45) is 3.93. The third kappa shape index (κ3) is 5.07. The smallest absolute Gasteiger partial charge is 0.261 e. The molecule has 0 unspecified atom stereocenters. The Labute approximate surface area is 192 Å². The van der Waals surface area contributed by atoms with E-state index in [-0.39, 0.29) is 47.5 Å². The summed E-state index contributed by atoms with van der Waals surface area (Å²) >= 11 is 10.6. The van der Waals surface area contributed by atoms with Crippen LogP contribution in [0.4, 0.5) is 0 Å². The lowest BCUT2D eigenvalue weighted by molar-refractivity contribution is -0.112. The summed E-state index contributed by atoms with van der Waals surface area (Å²) in [4.78, 5) is 72.5. The van der Waals surface area contributed by atoms with E-state index in [1.165, 1.54) is 12.1 Å². The fraction of sp³-hybridized carbons (Fsp3) is 0.455. The maximum atomic E-state index is 12.7. The molecule has 0 aliphatic carbocycles. The van der Waals surface area contributed by atoms with Crippen LogP contribution in [0.3, 0.4) is 0 Å². The molecule has 1 aromatic carbocycles. The van der Waals surface area contributed by atoms with Gasteiger partial charge in [0.05, 0.1) is 21.5 Å². The number of carbonyl (C=O) groups excluding carboxylic acids is 2. The molecular formula is C22H22Cl2N2O6. The number of benzene rings is 1. The van der Waals surface area contributed by atoms with Crippen LogP contribution >= 0.6 is 23.2 Å². The normalized spacial score (nSPS) is 11.6. The van der Waals surface area contributed by atoms with Crippen LogP contribution in [0.25, 0.3) is 21.5 Å². The first-order valence-corrected chi connectivity index (χ1v) is 11.2. The van der Waals surface area contributed by atoms with Crippen molar-refractivity contribution in [2.45, 2.75) is 64.5 Å². The molecule has 0 amide bonds. The zero-order valence-corrected chi connectivity index (χ0v) is 18.8. The van der Waals surface area contributed by atoms with Crippen LogP contribution in [0.5, 0.6) is 0 Å². The predicted octanol–water partition coefficient (Wildman–Crippen LogP) is 2.56. The predicted molar refractivity (Wildman–Crippen MR) is 124 cm³/mol. The molecule has 0 aliphatic rings. The Balaban J connectivity index is 1.84. The number of unbranched alkanes of at least 4 members (excludes halogenated alkanes) is 4. The third-order valence-electron chi connectivity index (χ3n) is 5.57. The number of hydrogen-bond donors (Lipinski definition) is 0. The molecule has 0 spiro atoms. The first-order chi connectivity index (χ1) is 15.2. The van der Waals surface area contributed by atoms with Crippen molar-refractivity contribution in [3.8, 4) is 0 Å². The summed E-state index contributed by atoms with van der Waals surface area (Å²) in [5, 5.41) is -0.369. The van der Waals surface area contributed by atoms with Gasteiger partial charge in [0, 0.05) is 25.9 Å². The van der Waals surface area contributed by atoms with E-state index in [1.54, 1.807) is 0 Å². The van der Waals surface area contributed by atoms with Gasteiger partial charge in [-0.25, -0.2) is 0 Å². The average Bonchev–Trinajstić information content (AvgIpc) is 3.11. The SMILES string of the molecule is O=C(Cl)CCCCCn1c(=O)c2cc3c(=O)n(CCCCCC(=O)Cl)c(=O)c3cc2c1=O. The monoisotopic (exact) mass is 480 g/mol. The van der Waals surface area contributed by atoms with Gasteiger partial charge in [-0.15, -0.1) is 0 Å². The molecule has 0 bridgehead atoms. The molecule has 0 radical (unpaired) electrons. The van der Waals surface area contributed by atoms with Gasteiger partial charge in [0.2, 0.25) is 10.5 Å². The molecule has 10 heteroatoms. The summed E-state index contributed by atoms with van der Waals surface area (Å²) in [6, 6.07) is 2.67. The quantitative estimate of drug-likeness (QED) is 0.290. The number of fused-ring (bicyclic) bond motifs is 2. The maximum Gasteiger partial charge on any atom is 0.261 e. The molecular weight excluding hydrogens is 459 g/mol. The average molecular weight is 481 g/mol. The maximum absolute atomic E-state index is 12.7. The minimum Gasteiger partial charge on any atom is -0.281 e. The second kappa shape index (κ2) is 10.4. The Morgan fingerprint density at radius 3 is 1.16 bits per heavy atom. The lowest BCUT2D eigenvalue weighted by atomic mass is 10.1. The van der Waals surface area contributed by atoms with Crippen LogP contribution < -0.4 is 22.2 Å². The van der Waals surface area contributed by atoms with Gasteiger partial charge in [-0.2, -0.15) is 0 Å². The lowest BCUT2D eigenvalue weighted by Gasteiger charge is -2.00. The Kier molecular flexibility index (Phi) is 7.79. The molecule has 2 aromatic heterocycles. The summed E-state index contributed by atoms with van der Waals surface area (Å²) in [6.45, 7) is 0.374. The molecule has 0 aliphatic heterocycles. The second-order valence-electron chi connectivity index (χ2n) is 7.80. The minimum absolute atomic E-state index is 0.119. The first kappa shape index (κ1) is 24.1. The van der Waals surface area contributed by atoms with Gasteiger partial charge >= 0.3 is 0 Å². The van der Waals surface area contributed by atoms with Crippen LogP contribution in [-0.4, -0.2) is 19.6 Å². The summed E-state index contributed by atoms with van der Waals surface area (Å²) in [5.74, 6) is 0. The number of hydrogen-bond acceptors (Lipinski definition) is 6. The number of rotatable bonds is 12. The summed E-state index contributed by atoms with van der Waals surface area (Å²) in [7, 11) is 0. The van der Waals surface area contributed by atoms with Crippen molar-refractivity contribution in [1.82, 2.24) is 9.13 Å². The molecule has 170 valence electrons. The van der Waals surface area contributed by atoms with Gasteiger partial charge in [-0.05, 0) is 61.0 Å². The molecule has 2 heterocycles. The summed E-state index contributed by atoms with van der Waals surface area (Å²) in [5.41, 5.74) is -1.98. The van der Waals surface area contributed by atoms with Gasteiger partial charge in [-0.3, -0.25) is 37.9 Å².